The van der Waals surface area contributed by atoms with Crippen molar-refractivity contribution in [2.24, 2.45) is 5.73 Å². The summed E-state index contributed by atoms with van der Waals surface area (Å²) in [7, 11) is 0. The summed E-state index contributed by atoms with van der Waals surface area (Å²) < 4.78 is 0. The van der Waals surface area contributed by atoms with E-state index in [1.165, 1.54) is 6.20 Å². The van der Waals surface area contributed by atoms with Crippen molar-refractivity contribution in [3.8, 4) is 0 Å². The number of nitrogens with one attached hydrogen (secondary N) is 2. The Morgan fingerprint density at radius 2 is 1.79 bits per heavy atom. The molecule has 0 spiro atoms. The van der Waals surface area contributed by atoms with Gasteiger partial charge in [-0.05, 0) is 37.1 Å². The molecule has 0 bridgehead atoms. The highest BCUT2D eigenvalue weighted by Crippen LogP contribution is 2.27. The number of anilines is 4. The zero-order valence-electron chi connectivity index (χ0n) is 16.4. The molecule has 2 heterocycles. The minimum absolute atomic E-state index is 0.127. The number of hydrogen-bond acceptors (Lipinski definition) is 7. The van der Waals surface area contributed by atoms with Gasteiger partial charge in [0.25, 0.3) is 5.91 Å². The van der Waals surface area contributed by atoms with Crippen LogP contribution in [0.5, 0.6) is 0 Å². The van der Waals surface area contributed by atoms with Gasteiger partial charge in [-0.15, -0.1) is 0 Å². The number of primary amides is 1. The Hall–Kier alpha value is -3.36. The van der Waals surface area contributed by atoms with Crippen LogP contribution in [0.4, 0.5) is 23.1 Å². The highest BCUT2D eigenvalue weighted by Gasteiger charge is 2.24. The molecule has 29 heavy (non-hydrogen) atoms. The van der Waals surface area contributed by atoms with Gasteiger partial charge >= 0.3 is 0 Å². The Balaban J connectivity index is 1.42. The average molecular weight is 395 g/mol. The number of hydrogen-bond donors (Lipinski definition) is 3. The summed E-state index contributed by atoms with van der Waals surface area (Å²) >= 11 is 0. The Kier molecular flexibility index (Phi) is 5.20. The predicted molar refractivity (Wildman–Crippen MR) is 111 cm³/mol. The van der Waals surface area contributed by atoms with Crippen LogP contribution in [0.15, 0.2) is 30.5 Å². The van der Waals surface area contributed by atoms with Gasteiger partial charge in [-0.2, -0.15) is 4.98 Å². The highest BCUT2D eigenvalue weighted by atomic mass is 16.2. The molecule has 0 atom stereocenters. The van der Waals surface area contributed by atoms with Crippen molar-refractivity contribution < 1.29 is 9.59 Å². The third kappa shape index (κ3) is 4.56. The largest absolute Gasteiger partial charge is 0.368 e. The lowest BCUT2D eigenvalue weighted by atomic mass is 10.2. The van der Waals surface area contributed by atoms with Gasteiger partial charge in [0.05, 0.1) is 5.56 Å². The van der Waals surface area contributed by atoms with Crippen molar-refractivity contribution in [2.45, 2.75) is 25.8 Å². The predicted octanol–water partition coefficient (Wildman–Crippen LogP) is 1.56. The van der Waals surface area contributed by atoms with Crippen LogP contribution in [0.1, 0.15) is 30.1 Å². The fourth-order valence-electron chi connectivity index (χ4n) is 3.32. The van der Waals surface area contributed by atoms with Gasteiger partial charge in [0.15, 0.2) is 0 Å². The molecule has 152 valence electrons. The summed E-state index contributed by atoms with van der Waals surface area (Å²) in [6.45, 7) is 4.73. The number of benzene rings is 1. The lowest BCUT2D eigenvalue weighted by molar-refractivity contribution is -0.129. The van der Waals surface area contributed by atoms with Crippen LogP contribution >= 0.6 is 0 Å². The molecule has 9 nitrogen and oxygen atoms in total. The van der Waals surface area contributed by atoms with Crippen LogP contribution in [-0.4, -0.2) is 58.9 Å². The highest BCUT2D eigenvalue weighted by molar-refractivity contribution is 5.97. The zero-order chi connectivity index (χ0) is 20.4. The van der Waals surface area contributed by atoms with Gasteiger partial charge in [0.1, 0.15) is 5.82 Å². The quantitative estimate of drug-likeness (QED) is 0.680. The molecule has 4 N–H and O–H groups in total. The van der Waals surface area contributed by atoms with Crippen molar-refractivity contribution >= 4 is 35.0 Å². The first-order valence-electron chi connectivity index (χ1n) is 9.80. The molecule has 0 unspecified atom stereocenters. The first-order chi connectivity index (χ1) is 14.0. The second-order valence-electron chi connectivity index (χ2n) is 7.40. The molecule has 2 fully saturated rings. The molecule has 1 saturated carbocycles. The van der Waals surface area contributed by atoms with E-state index < -0.39 is 5.91 Å². The molecule has 2 amide bonds. The van der Waals surface area contributed by atoms with Crippen molar-refractivity contribution in [1.82, 2.24) is 14.9 Å². The number of piperazine rings is 1. The molecule has 9 heteroatoms. The standard InChI is InChI=1S/C20H25N7O2/c1-13(28)26-8-10-27(11-9-26)16-6-4-15(5-7-16)24-20-22-12-17(18(21)29)19(25-20)23-14-2-3-14/h4-7,12,14H,2-3,8-11H2,1H3,(H2,21,29)(H2,22,23,24,25). The monoisotopic (exact) mass is 395 g/mol. The molecule has 2 aromatic rings. The number of aromatic nitrogens is 2. The number of amides is 2. The van der Waals surface area contributed by atoms with Crippen LogP contribution < -0.4 is 21.3 Å². The molecule has 1 aliphatic heterocycles. The van der Waals surface area contributed by atoms with Crippen molar-refractivity contribution in [3.05, 3.63) is 36.0 Å². The van der Waals surface area contributed by atoms with Gasteiger partial charge in [0, 0.05) is 56.7 Å². The Morgan fingerprint density at radius 3 is 2.38 bits per heavy atom. The number of nitrogens with two attached hydrogens (primary N) is 1. The fourth-order valence-corrected chi connectivity index (χ4v) is 3.32. The first kappa shape index (κ1) is 19.0. The van der Waals surface area contributed by atoms with E-state index in [0.29, 0.717) is 23.4 Å². The number of carbonyl (C=O) groups is 2. The molecular formula is C20H25N7O2. The van der Waals surface area contributed by atoms with E-state index in [2.05, 4.69) is 25.5 Å². The Morgan fingerprint density at radius 1 is 1.10 bits per heavy atom. The normalized spacial score (nSPS) is 16.4. The topological polar surface area (TPSA) is 116 Å². The second kappa shape index (κ2) is 7.94. The van der Waals surface area contributed by atoms with Crippen molar-refractivity contribution in [3.63, 3.8) is 0 Å². The Labute approximate surface area is 169 Å². The summed E-state index contributed by atoms with van der Waals surface area (Å²) in [4.78, 5) is 35.8. The molecule has 4 rings (SSSR count). The Bertz CT molecular complexity index is 904. The van der Waals surface area contributed by atoms with E-state index >= 15 is 0 Å². The van der Waals surface area contributed by atoms with Crippen molar-refractivity contribution in [2.75, 3.05) is 41.7 Å². The summed E-state index contributed by atoms with van der Waals surface area (Å²) in [5.41, 5.74) is 7.67. The van der Waals surface area contributed by atoms with E-state index in [1.807, 2.05) is 29.2 Å². The summed E-state index contributed by atoms with van der Waals surface area (Å²) in [6.07, 6.45) is 3.57. The van der Waals surface area contributed by atoms with Crippen molar-refractivity contribution in [1.29, 1.82) is 0 Å². The maximum absolute atomic E-state index is 11.6. The fraction of sp³-hybridized carbons (Fsp3) is 0.400. The van der Waals surface area contributed by atoms with Crippen LogP contribution in [0, 0.1) is 0 Å². The minimum Gasteiger partial charge on any atom is -0.368 e. The SMILES string of the molecule is CC(=O)N1CCN(c2ccc(Nc3ncc(C(N)=O)c(NC4CC4)n3)cc2)CC1. The lowest BCUT2D eigenvalue weighted by Crippen LogP contribution is -2.48. The van der Waals surface area contributed by atoms with E-state index in [9.17, 15) is 9.59 Å². The smallest absolute Gasteiger partial charge is 0.254 e. The third-order valence-electron chi connectivity index (χ3n) is 5.19. The van der Waals surface area contributed by atoms with Crippen LogP contribution in [0.2, 0.25) is 0 Å². The summed E-state index contributed by atoms with van der Waals surface area (Å²) in [5, 5.41) is 6.40. The van der Waals surface area contributed by atoms with E-state index in [-0.39, 0.29) is 5.91 Å². The van der Waals surface area contributed by atoms with Gasteiger partial charge < -0.3 is 26.2 Å². The van der Waals surface area contributed by atoms with E-state index in [4.69, 9.17) is 5.73 Å². The molecular weight excluding hydrogens is 370 g/mol. The van der Waals surface area contributed by atoms with E-state index in [1.54, 1.807) is 6.92 Å². The van der Waals surface area contributed by atoms with Gasteiger partial charge in [-0.3, -0.25) is 9.59 Å². The van der Waals surface area contributed by atoms with Crippen LogP contribution in [-0.2, 0) is 4.79 Å². The molecule has 1 aromatic carbocycles. The number of carbonyl (C=O) groups excluding carboxylic acids is 2. The molecule has 1 aliphatic carbocycles. The number of nitrogens with zero attached hydrogens (tertiary/aromatic N) is 4. The molecule has 0 radical (unpaired) electrons. The van der Waals surface area contributed by atoms with Gasteiger partial charge in [-0.25, -0.2) is 4.98 Å². The van der Waals surface area contributed by atoms with Crippen LogP contribution in [0.25, 0.3) is 0 Å². The third-order valence-corrected chi connectivity index (χ3v) is 5.19. The molecule has 2 aliphatic rings. The summed E-state index contributed by atoms with van der Waals surface area (Å²) in [6, 6.07) is 8.34. The van der Waals surface area contributed by atoms with Crippen LogP contribution in [0.3, 0.4) is 0 Å². The zero-order valence-corrected chi connectivity index (χ0v) is 16.4. The second-order valence-corrected chi connectivity index (χ2v) is 7.40. The summed E-state index contributed by atoms with van der Waals surface area (Å²) in [5.74, 6) is 0.453. The maximum Gasteiger partial charge on any atom is 0.254 e. The maximum atomic E-state index is 11.6. The molecule has 1 aromatic heterocycles. The molecule has 1 saturated heterocycles. The van der Waals surface area contributed by atoms with Gasteiger partial charge in [0.2, 0.25) is 11.9 Å². The minimum atomic E-state index is -0.547. The van der Waals surface area contributed by atoms with Gasteiger partial charge in [-0.1, -0.05) is 0 Å². The van der Waals surface area contributed by atoms with E-state index in [0.717, 1.165) is 50.4 Å². The average Bonchev–Trinajstić information content (AvgIpc) is 3.53. The first-order valence-corrected chi connectivity index (χ1v) is 9.80. The number of rotatable bonds is 6. The lowest BCUT2D eigenvalue weighted by Gasteiger charge is -2.35.